The second-order valence-corrected chi connectivity index (χ2v) is 7.95. The third kappa shape index (κ3) is 3.87. The Morgan fingerprint density at radius 2 is 1.58 bits per heavy atom. The molecule has 4 amide bonds. The van der Waals surface area contributed by atoms with E-state index in [0.29, 0.717) is 15.6 Å². The summed E-state index contributed by atoms with van der Waals surface area (Å²) >= 11 is 12.0. The number of barbiturate groups is 1. The summed E-state index contributed by atoms with van der Waals surface area (Å²) in [6.45, 7) is 3.81. The summed E-state index contributed by atoms with van der Waals surface area (Å²) in [7, 11) is 0. The zero-order valence-corrected chi connectivity index (χ0v) is 18.2. The molecule has 31 heavy (non-hydrogen) atoms. The number of urea groups is 1. The van der Waals surface area contributed by atoms with Crippen LogP contribution in [0.25, 0.3) is 11.8 Å². The molecule has 0 saturated carbocycles. The topological polar surface area (TPSA) is 71.4 Å². The number of rotatable bonds is 3. The Labute approximate surface area is 188 Å². The van der Waals surface area contributed by atoms with E-state index < -0.39 is 17.8 Å². The Morgan fingerprint density at radius 3 is 2.26 bits per heavy atom. The summed E-state index contributed by atoms with van der Waals surface area (Å²) in [4.78, 5) is 38.8. The van der Waals surface area contributed by atoms with Crippen molar-refractivity contribution in [3.8, 4) is 5.69 Å². The van der Waals surface area contributed by atoms with Crippen molar-refractivity contribution >= 4 is 52.8 Å². The average Bonchev–Trinajstić information content (AvgIpc) is 2.99. The lowest BCUT2D eigenvalue weighted by atomic mass is 10.1. The molecule has 2 aromatic carbocycles. The van der Waals surface area contributed by atoms with Crippen LogP contribution in [-0.2, 0) is 9.59 Å². The highest BCUT2D eigenvalue weighted by molar-refractivity contribution is 6.39. The number of amides is 4. The van der Waals surface area contributed by atoms with E-state index in [-0.39, 0.29) is 11.3 Å². The van der Waals surface area contributed by atoms with E-state index in [1.54, 1.807) is 30.3 Å². The summed E-state index contributed by atoms with van der Waals surface area (Å²) in [5.74, 6) is -1.46. The number of carbonyl (C=O) groups is 3. The van der Waals surface area contributed by atoms with Gasteiger partial charge in [-0.25, -0.2) is 9.69 Å². The monoisotopic (exact) mass is 453 g/mol. The first kappa shape index (κ1) is 20.9. The number of aromatic nitrogens is 1. The Bertz CT molecular complexity index is 1260. The quantitative estimate of drug-likeness (QED) is 0.444. The molecule has 3 aromatic rings. The van der Waals surface area contributed by atoms with Crippen molar-refractivity contribution in [2.45, 2.75) is 13.8 Å². The fourth-order valence-corrected chi connectivity index (χ4v) is 3.89. The number of nitrogens with one attached hydrogen (secondary N) is 1. The zero-order valence-electron chi connectivity index (χ0n) is 16.6. The number of carbonyl (C=O) groups excluding carboxylic acids is 3. The fraction of sp³-hybridized carbons (Fsp3) is 0.0870. The minimum Gasteiger partial charge on any atom is -0.318 e. The van der Waals surface area contributed by atoms with Crippen LogP contribution in [-0.4, -0.2) is 22.4 Å². The maximum Gasteiger partial charge on any atom is 0.335 e. The van der Waals surface area contributed by atoms with Crippen LogP contribution in [0.3, 0.4) is 0 Å². The van der Waals surface area contributed by atoms with Gasteiger partial charge in [0.25, 0.3) is 11.8 Å². The molecule has 156 valence electrons. The molecule has 0 radical (unpaired) electrons. The molecule has 1 saturated heterocycles. The third-order valence-corrected chi connectivity index (χ3v) is 5.51. The van der Waals surface area contributed by atoms with E-state index in [0.717, 1.165) is 22.0 Å². The normalized spacial score (nSPS) is 15.5. The third-order valence-electron chi connectivity index (χ3n) is 5.02. The first-order valence-corrected chi connectivity index (χ1v) is 10.1. The number of halogens is 2. The molecule has 1 aromatic heterocycles. The second kappa shape index (κ2) is 8.06. The van der Waals surface area contributed by atoms with Crippen molar-refractivity contribution in [3.63, 3.8) is 0 Å². The smallest absolute Gasteiger partial charge is 0.318 e. The number of hydrogen-bond donors (Lipinski definition) is 1. The summed E-state index contributed by atoms with van der Waals surface area (Å²) in [5.41, 5.74) is 3.47. The van der Waals surface area contributed by atoms with Gasteiger partial charge >= 0.3 is 6.03 Å². The predicted molar refractivity (Wildman–Crippen MR) is 121 cm³/mol. The number of nitrogens with zero attached hydrogens (tertiary/aromatic N) is 2. The number of anilines is 1. The summed E-state index contributed by atoms with van der Waals surface area (Å²) in [5, 5.41) is 3.22. The lowest BCUT2D eigenvalue weighted by Gasteiger charge is -2.26. The highest BCUT2D eigenvalue weighted by atomic mass is 35.5. The van der Waals surface area contributed by atoms with Gasteiger partial charge in [0.05, 0.1) is 5.69 Å². The van der Waals surface area contributed by atoms with E-state index in [1.165, 1.54) is 12.1 Å². The van der Waals surface area contributed by atoms with Gasteiger partial charge in [0.1, 0.15) is 5.57 Å². The van der Waals surface area contributed by atoms with E-state index in [9.17, 15) is 14.4 Å². The molecule has 0 bridgehead atoms. The van der Waals surface area contributed by atoms with Gasteiger partial charge in [0.2, 0.25) is 0 Å². The molecule has 0 atom stereocenters. The van der Waals surface area contributed by atoms with Crippen molar-refractivity contribution < 1.29 is 14.4 Å². The molecule has 4 rings (SSSR count). The first-order chi connectivity index (χ1) is 14.8. The molecule has 0 aliphatic carbocycles. The standard InChI is InChI=1S/C23H17Cl2N3O3/c1-13-10-15(14(2)27(13)18-8-6-16(24)7-9-18)11-20-21(29)26-23(31)28(22(20)30)19-5-3-4-17(25)12-19/h3-12H,1-2H3,(H,26,29,31)/b20-11-. The van der Waals surface area contributed by atoms with Crippen LogP contribution in [0.2, 0.25) is 10.0 Å². The van der Waals surface area contributed by atoms with E-state index in [4.69, 9.17) is 23.2 Å². The maximum absolute atomic E-state index is 13.1. The summed E-state index contributed by atoms with van der Waals surface area (Å²) < 4.78 is 1.99. The summed E-state index contributed by atoms with van der Waals surface area (Å²) in [6, 6.07) is 14.7. The molecular weight excluding hydrogens is 437 g/mol. The molecule has 0 unspecified atom stereocenters. The molecular formula is C23H17Cl2N3O3. The first-order valence-electron chi connectivity index (χ1n) is 9.38. The van der Waals surface area contributed by atoms with Crippen LogP contribution in [0.15, 0.2) is 60.2 Å². The number of aryl methyl sites for hydroxylation is 1. The fourth-order valence-electron chi connectivity index (χ4n) is 3.58. The number of hydrogen-bond acceptors (Lipinski definition) is 3. The van der Waals surface area contributed by atoms with Crippen LogP contribution in [0.4, 0.5) is 10.5 Å². The van der Waals surface area contributed by atoms with E-state index in [2.05, 4.69) is 5.32 Å². The molecule has 8 heteroatoms. The molecule has 1 fully saturated rings. The molecule has 1 aliphatic rings. The van der Waals surface area contributed by atoms with Gasteiger partial charge in [-0.15, -0.1) is 0 Å². The highest BCUT2D eigenvalue weighted by Crippen LogP contribution is 2.27. The van der Waals surface area contributed by atoms with Gasteiger partial charge in [-0.05, 0) is 74.0 Å². The van der Waals surface area contributed by atoms with Crippen LogP contribution in [0, 0.1) is 13.8 Å². The van der Waals surface area contributed by atoms with Crippen molar-refractivity contribution in [1.29, 1.82) is 0 Å². The second-order valence-electron chi connectivity index (χ2n) is 7.08. The lowest BCUT2D eigenvalue weighted by molar-refractivity contribution is -0.122. The molecule has 1 aliphatic heterocycles. The molecule has 1 N–H and O–H groups in total. The Morgan fingerprint density at radius 1 is 0.871 bits per heavy atom. The predicted octanol–water partition coefficient (Wildman–Crippen LogP) is 5.07. The average molecular weight is 454 g/mol. The van der Waals surface area contributed by atoms with Gasteiger partial charge in [0.15, 0.2) is 0 Å². The Kier molecular flexibility index (Phi) is 5.43. The van der Waals surface area contributed by atoms with Crippen molar-refractivity contribution in [1.82, 2.24) is 9.88 Å². The van der Waals surface area contributed by atoms with E-state index in [1.807, 2.05) is 36.6 Å². The van der Waals surface area contributed by atoms with Gasteiger partial charge in [0, 0.05) is 27.1 Å². The van der Waals surface area contributed by atoms with Crippen LogP contribution >= 0.6 is 23.2 Å². The number of benzene rings is 2. The minimum absolute atomic E-state index is 0.143. The molecule has 2 heterocycles. The van der Waals surface area contributed by atoms with Gasteiger partial charge < -0.3 is 4.57 Å². The number of imide groups is 2. The zero-order chi connectivity index (χ0) is 22.3. The lowest BCUT2D eigenvalue weighted by Crippen LogP contribution is -2.54. The molecule has 6 nitrogen and oxygen atoms in total. The largest absolute Gasteiger partial charge is 0.335 e. The van der Waals surface area contributed by atoms with Gasteiger partial charge in [-0.2, -0.15) is 0 Å². The van der Waals surface area contributed by atoms with Crippen molar-refractivity contribution in [3.05, 3.63) is 87.2 Å². The SMILES string of the molecule is Cc1cc(/C=C2/C(=O)NC(=O)N(c3cccc(Cl)c3)C2=O)c(C)n1-c1ccc(Cl)cc1. The Hall–Kier alpha value is -3.35. The van der Waals surface area contributed by atoms with Gasteiger partial charge in [-0.1, -0.05) is 29.3 Å². The van der Waals surface area contributed by atoms with Crippen LogP contribution in [0.1, 0.15) is 17.0 Å². The van der Waals surface area contributed by atoms with Crippen LogP contribution in [0.5, 0.6) is 0 Å². The van der Waals surface area contributed by atoms with Crippen molar-refractivity contribution in [2.24, 2.45) is 0 Å². The summed E-state index contributed by atoms with van der Waals surface area (Å²) in [6.07, 6.45) is 1.50. The maximum atomic E-state index is 13.1. The van der Waals surface area contributed by atoms with Gasteiger partial charge in [-0.3, -0.25) is 14.9 Å². The van der Waals surface area contributed by atoms with Crippen LogP contribution < -0.4 is 10.2 Å². The highest BCUT2D eigenvalue weighted by Gasteiger charge is 2.37. The van der Waals surface area contributed by atoms with E-state index >= 15 is 0 Å². The Balaban J connectivity index is 1.76. The molecule has 0 spiro atoms. The van der Waals surface area contributed by atoms with Crippen molar-refractivity contribution in [2.75, 3.05) is 4.90 Å². The minimum atomic E-state index is -0.818.